The summed E-state index contributed by atoms with van der Waals surface area (Å²) in [6, 6.07) is 11.1. The van der Waals surface area contributed by atoms with Crippen LogP contribution in [0.5, 0.6) is 0 Å². The maximum absolute atomic E-state index is 13.5. The van der Waals surface area contributed by atoms with E-state index >= 15 is 0 Å². The lowest BCUT2D eigenvalue weighted by Gasteiger charge is -2.34. The second kappa shape index (κ2) is 10.2. The lowest BCUT2D eigenvalue weighted by Crippen LogP contribution is -2.46. The van der Waals surface area contributed by atoms with Crippen molar-refractivity contribution in [1.29, 1.82) is 0 Å². The van der Waals surface area contributed by atoms with Crippen molar-refractivity contribution in [2.24, 2.45) is 11.8 Å². The standard InChI is InChI=1S/C26H28N6O4/c33-25(28-13-12-27-24-10-9-17(15-29-24)32(35)36)20-6-1-2-7-21(20)26(34)31-14-11-19-18-5-3-4-8-22(18)30-23(19)16-31/h1-5,8-10,15,20-21,30H,6-7,11-14,16H2,(H,27,29)(H,28,33). The van der Waals surface area contributed by atoms with Crippen LogP contribution in [0.2, 0.25) is 0 Å². The molecule has 3 heterocycles. The highest BCUT2D eigenvalue weighted by atomic mass is 16.6. The molecular formula is C26H28N6O4. The second-order valence-electron chi connectivity index (χ2n) is 9.17. The van der Waals surface area contributed by atoms with Crippen LogP contribution in [0.3, 0.4) is 0 Å². The van der Waals surface area contributed by atoms with E-state index in [2.05, 4.69) is 32.7 Å². The fourth-order valence-electron chi connectivity index (χ4n) is 5.10. The van der Waals surface area contributed by atoms with Crippen LogP contribution in [0.25, 0.3) is 10.9 Å². The summed E-state index contributed by atoms with van der Waals surface area (Å²) >= 11 is 0. The SMILES string of the molecule is O=C(NCCNc1ccc([N+](=O)[O-])cn1)C1CC=CCC1C(=O)N1CCc2c([nH]c3ccccc23)C1. The van der Waals surface area contributed by atoms with Crippen LogP contribution >= 0.6 is 0 Å². The van der Waals surface area contributed by atoms with E-state index in [1.165, 1.54) is 29.3 Å². The molecule has 10 heteroatoms. The smallest absolute Gasteiger partial charge is 0.287 e. The van der Waals surface area contributed by atoms with Gasteiger partial charge in [0.2, 0.25) is 11.8 Å². The van der Waals surface area contributed by atoms with Crippen LogP contribution in [0.4, 0.5) is 11.5 Å². The first kappa shape index (κ1) is 23.5. The number of nitrogens with zero attached hydrogens (tertiary/aromatic N) is 3. The van der Waals surface area contributed by atoms with Gasteiger partial charge in [0.15, 0.2) is 0 Å². The van der Waals surface area contributed by atoms with Gasteiger partial charge in [0.25, 0.3) is 5.69 Å². The molecule has 0 bridgehead atoms. The Bertz CT molecular complexity index is 1320. The summed E-state index contributed by atoms with van der Waals surface area (Å²) in [5, 5.41) is 17.9. The van der Waals surface area contributed by atoms with Crippen LogP contribution in [-0.4, -0.2) is 51.2 Å². The van der Waals surface area contributed by atoms with E-state index in [1.807, 2.05) is 29.2 Å². The number of aromatic nitrogens is 2. The molecule has 2 atom stereocenters. The number of allylic oxidation sites excluding steroid dienone is 2. The van der Waals surface area contributed by atoms with E-state index in [9.17, 15) is 19.7 Å². The molecule has 2 amide bonds. The van der Waals surface area contributed by atoms with Gasteiger partial charge in [-0.15, -0.1) is 0 Å². The molecule has 10 nitrogen and oxygen atoms in total. The minimum Gasteiger partial charge on any atom is -0.368 e. The van der Waals surface area contributed by atoms with E-state index < -0.39 is 10.8 Å². The number of aromatic amines is 1. The Morgan fingerprint density at radius 1 is 1.11 bits per heavy atom. The van der Waals surface area contributed by atoms with Gasteiger partial charge in [-0.1, -0.05) is 30.4 Å². The van der Waals surface area contributed by atoms with Gasteiger partial charge in [0, 0.05) is 42.3 Å². The Hall–Kier alpha value is -4.21. The maximum Gasteiger partial charge on any atom is 0.287 e. The molecule has 2 aliphatic rings. The van der Waals surface area contributed by atoms with Crippen LogP contribution < -0.4 is 10.6 Å². The molecule has 0 saturated heterocycles. The summed E-state index contributed by atoms with van der Waals surface area (Å²) < 4.78 is 0. The molecule has 0 fully saturated rings. The van der Waals surface area contributed by atoms with Crippen LogP contribution in [-0.2, 0) is 22.6 Å². The van der Waals surface area contributed by atoms with Crippen molar-refractivity contribution in [3.8, 4) is 0 Å². The zero-order valence-electron chi connectivity index (χ0n) is 19.8. The third-order valence-electron chi connectivity index (χ3n) is 6.97. The summed E-state index contributed by atoms with van der Waals surface area (Å²) in [7, 11) is 0. The molecule has 1 aliphatic heterocycles. The molecule has 0 radical (unpaired) electrons. The summed E-state index contributed by atoms with van der Waals surface area (Å²) in [5.74, 6) is -0.421. The van der Waals surface area contributed by atoms with Crippen LogP contribution in [0.1, 0.15) is 24.1 Å². The first-order chi connectivity index (χ1) is 17.5. The molecule has 2 unspecified atom stereocenters. The number of hydrogen-bond donors (Lipinski definition) is 3. The van der Waals surface area contributed by atoms with Crippen molar-refractivity contribution in [3.63, 3.8) is 0 Å². The number of carbonyl (C=O) groups is 2. The third-order valence-corrected chi connectivity index (χ3v) is 6.97. The van der Waals surface area contributed by atoms with Crippen LogP contribution in [0.15, 0.2) is 54.7 Å². The zero-order valence-corrected chi connectivity index (χ0v) is 19.8. The molecule has 5 rings (SSSR count). The van der Waals surface area contributed by atoms with Gasteiger partial charge >= 0.3 is 0 Å². The van der Waals surface area contributed by atoms with Crippen molar-refractivity contribution in [2.45, 2.75) is 25.8 Å². The predicted molar refractivity (Wildman–Crippen MR) is 135 cm³/mol. The third kappa shape index (κ3) is 4.79. The summed E-state index contributed by atoms with van der Waals surface area (Å²) in [4.78, 5) is 46.1. The average molecular weight is 489 g/mol. The number of amides is 2. The molecule has 1 aromatic carbocycles. The van der Waals surface area contributed by atoms with Gasteiger partial charge in [-0.05, 0) is 37.0 Å². The molecule has 3 N–H and O–H groups in total. The highest BCUT2D eigenvalue weighted by Crippen LogP contribution is 2.32. The average Bonchev–Trinajstić information content (AvgIpc) is 3.28. The maximum atomic E-state index is 13.5. The molecule has 2 aromatic heterocycles. The summed E-state index contributed by atoms with van der Waals surface area (Å²) in [6.45, 7) is 1.94. The molecule has 36 heavy (non-hydrogen) atoms. The largest absolute Gasteiger partial charge is 0.368 e. The Labute approximate surface area is 207 Å². The molecule has 0 spiro atoms. The van der Waals surface area contributed by atoms with Gasteiger partial charge in [-0.25, -0.2) is 4.98 Å². The number of fused-ring (bicyclic) bond motifs is 3. The van der Waals surface area contributed by atoms with E-state index in [1.54, 1.807) is 0 Å². The molecular weight excluding hydrogens is 460 g/mol. The van der Waals surface area contributed by atoms with Gasteiger partial charge in [0.05, 0.1) is 23.3 Å². The molecule has 0 saturated carbocycles. The highest BCUT2D eigenvalue weighted by Gasteiger charge is 2.37. The van der Waals surface area contributed by atoms with Crippen molar-refractivity contribution < 1.29 is 14.5 Å². The minimum atomic E-state index is -0.504. The number of anilines is 1. The lowest BCUT2D eigenvalue weighted by atomic mass is 9.81. The number of benzene rings is 1. The van der Waals surface area contributed by atoms with Gasteiger partial charge in [-0.2, -0.15) is 0 Å². The summed E-state index contributed by atoms with van der Waals surface area (Å²) in [6.07, 6.45) is 7.03. The van der Waals surface area contributed by atoms with Crippen LogP contribution in [0, 0.1) is 22.0 Å². The van der Waals surface area contributed by atoms with E-state index in [-0.39, 0.29) is 23.4 Å². The fraction of sp³-hybridized carbons (Fsp3) is 0.346. The van der Waals surface area contributed by atoms with E-state index in [0.29, 0.717) is 44.8 Å². The Morgan fingerprint density at radius 3 is 2.69 bits per heavy atom. The van der Waals surface area contributed by atoms with Crippen molar-refractivity contribution in [1.82, 2.24) is 20.2 Å². The fourth-order valence-corrected chi connectivity index (χ4v) is 5.10. The Morgan fingerprint density at radius 2 is 1.92 bits per heavy atom. The highest BCUT2D eigenvalue weighted by molar-refractivity contribution is 5.89. The number of rotatable bonds is 7. The number of nitro groups is 1. The lowest BCUT2D eigenvalue weighted by molar-refractivity contribution is -0.385. The number of carbonyl (C=O) groups excluding carboxylic acids is 2. The van der Waals surface area contributed by atoms with E-state index in [4.69, 9.17) is 0 Å². The first-order valence-corrected chi connectivity index (χ1v) is 12.2. The normalized spacial score (nSPS) is 19.1. The topological polar surface area (TPSA) is 133 Å². The molecule has 1 aliphatic carbocycles. The number of nitrogens with one attached hydrogen (secondary N) is 3. The van der Waals surface area contributed by atoms with E-state index in [0.717, 1.165) is 17.6 Å². The molecule has 186 valence electrons. The quantitative estimate of drug-likeness (QED) is 0.202. The number of hydrogen-bond acceptors (Lipinski definition) is 6. The summed E-state index contributed by atoms with van der Waals surface area (Å²) in [5.41, 5.74) is 3.37. The molecule has 3 aromatic rings. The number of para-hydroxylation sites is 1. The Balaban J connectivity index is 1.17. The number of pyridine rings is 1. The Kier molecular flexibility index (Phi) is 6.66. The van der Waals surface area contributed by atoms with Crippen molar-refractivity contribution >= 4 is 34.2 Å². The zero-order chi connectivity index (χ0) is 25.1. The predicted octanol–water partition coefficient (Wildman–Crippen LogP) is 3.17. The van der Waals surface area contributed by atoms with Crippen molar-refractivity contribution in [3.05, 3.63) is 76.1 Å². The van der Waals surface area contributed by atoms with Crippen molar-refractivity contribution in [2.75, 3.05) is 25.0 Å². The number of H-pyrrole nitrogens is 1. The van der Waals surface area contributed by atoms with Gasteiger partial charge in [-0.3, -0.25) is 19.7 Å². The monoisotopic (exact) mass is 488 g/mol. The second-order valence-corrected chi connectivity index (χ2v) is 9.17. The van der Waals surface area contributed by atoms with Gasteiger partial charge < -0.3 is 20.5 Å². The minimum absolute atomic E-state index is 0.0250. The first-order valence-electron chi connectivity index (χ1n) is 12.2. The van der Waals surface area contributed by atoms with Gasteiger partial charge in [0.1, 0.15) is 12.0 Å².